The lowest BCUT2D eigenvalue weighted by Crippen LogP contribution is -2.00. The molecule has 2 rings (SSSR count). The third kappa shape index (κ3) is 1.35. The zero-order valence-electron chi connectivity index (χ0n) is 8.06. The van der Waals surface area contributed by atoms with Gasteiger partial charge in [-0.2, -0.15) is 5.10 Å². The van der Waals surface area contributed by atoms with E-state index in [2.05, 4.69) is 10.1 Å². The fourth-order valence-corrected chi connectivity index (χ4v) is 1.45. The number of nitrogens with zero attached hydrogens (tertiary/aromatic N) is 2. The van der Waals surface area contributed by atoms with Gasteiger partial charge in [-0.15, -0.1) is 0 Å². The minimum atomic E-state index is -1.08. The van der Waals surface area contributed by atoms with Gasteiger partial charge in [0.05, 0.1) is 5.56 Å². The number of carboxylic acids is 1. The van der Waals surface area contributed by atoms with Crippen LogP contribution < -0.4 is 5.73 Å². The number of hydrogen-bond acceptors (Lipinski definition) is 3. The van der Waals surface area contributed by atoms with Crippen LogP contribution in [-0.4, -0.2) is 25.8 Å². The van der Waals surface area contributed by atoms with Gasteiger partial charge in [-0.3, -0.25) is 4.68 Å². The van der Waals surface area contributed by atoms with Gasteiger partial charge in [0.1, 0.15) is 5.82 Å². The lowest BCUT2D eigenvalue weighted by atomic mass is 10.1. The molecule has 6 heteroatoms. The third-order valence-electron chi connectivity index (χ3n) is 2.18. The van der Waals surface area contributed by atoms with E-state index < -0.39 is 5.97 Å². The molecule has 0 saturated carbocycles. The van der Waals surface area contributed by atoms with Crippen LogP contribution in [0.4, 0.5) is 5.82 Å². The Hall–Kier alpha value is -2.24. The molecule has 6 nitrogen and oxygen atoms in total. The van der Waals surface area contributed by atoms with Crippen molar-refractivity contribution in [2.24, 2.45) is 7.05 Å². The van der Waals surface area contributed by atoms with Crippen LogP contribution in [0.25, 0.3) is 11.1 Å². The van der Waals surface area contributed by atoms with E-state index in [0.717, 1.165) is 5.56 Å². The van der Waals surface area contributed by atoms with Crippen molar-refractivity contribution in [1.29, 1.82) is 0 Å². The molecule has 2 aromatic rings. The molecule has 0 amide bonds. The van der Waals surface area contributed by atoms with Gasteiger partial charge in [0.25, 0.3) is 0 Å². The Morgan fingerprint density at radius 2 is 2.40 bits per heavy atom. The Kier molecular flexibility index (Phi) is 1.96. The third-order valence-corrected chi connectivity index (χ3v) is 2.18. The summed E-state index contributed by atoms with van der Waals surface area (Å²) in [6.45, 7) is 0. The standard InChI is InChI=1S/C9H10N4O2/c1-13-8(10)6(5-2-3-11-4-5)7(12-13)9(14)15/h2-4,11H,10H2,1H3,(H,14,15). The molecular weight excluding hydrogens is 196 g/mol. The maximum Gasteiger partial charge on any atom is 0.357 e. The number of carbonyl (C=O) groups is 1. The van der Waals surface area contributed by atoms with Gasteiger partial charge in [-0.25, -0.2) is 4.79 Å². The first-order chi connectivity index (χ1) is 7.11. The SMILES string of the molecule is Cn1nc(C(=O)O)c(-c2cc[nH]c2)c1N. The van der Waals surface area contributed by atoms with E-state index in [4.69, 9.17) is 10.8 Å². The number of aryl methyl sites for hydroxylation is 1. The predicted octanol–water partition coefficient (Wildman–Crippen LogP) is 0.696. The summed E-state index contributed by atoms with van der Waals surface area (Å²) >= 11 is 0. The Bertz CT molecular complexity index is 498. The quantitative estimate of drug-likeness (QED) is 0.673. The number of nitrogen functional groups attached to an aromatic ring is 1. The van der Waals surface area contributed by atoms with Crippen molar-refractivity contribution in [2.45, 2.75) is 0 Å². The second-order valence-electron chi connectivity index (χ2n) is 3.14. The highest BCUT2D eigenvalue weighted by atomic mass is 16.4. The van der Waals surface area contributed by atoms with E-state index >= 15 is 0 Å². The maximum atomic E-state index is 10.9. The van der Waals surface area contributed by atoms with Crippen LogP contribution >= 0.6 is 0 Å². The van der Waals surface area contributed by atoms with Gasteiger partial charge in [0, 0.05) is 25.0 Å². The molecule has 0 fully saturated rings. The van der Waals surface area contributed by atoms with Crippen molar-refractivity contribution in [3.05, 3.63) is 24.2 Å². The fourth-order valence-electron chi connectivity index (χ4n) is 1.45. The highest BCUT2D eigenvalue weighted by molar-refractivity contribution is 5.97. The van der Waals surface area contributed by atoms with Crippen molar-refractivity contribution in [3.63, 3.8) is 0 Å². The average molecular weight is 206 g/mol. The summed E-state index contributed by atoms with van der Waals surface area (Å²) in [5, 5.41) is 12.8. The number of aromatic amines is 1. The van der Waals surface area contributed by atoms with E-state index in [-0.39, 0.29) is 5.69 Å². The molecule has 0 bridgehead atoms. The van der Waals surface area contributed by atoms with Crippen LogP contribution in [0.1, 0.15) is 10.5 Å². The molecule has 0 unspecified atom stereocenters. The molecule has 0 atom stereocenters. The Labute approximate surface area is 85.3 Å². The Balaban J connectivity index is 2.68. The monoisotopic (exact) mass is 206 g/mol. The van der Waals surface area contributed by atoms with Crippen molar-refractivity contribution in [3.8, 4) is 11.1 Å². The molecule has 4 N–H and O–H groups in total. The predicted molar refractivity (Wildman–Crippen MR) is 54.4 cm³/mol. The summed E-state index contributed by atoms with van der Waals surface area (Å²) in [6.07, 6.45) is 3.38. The van der Waals surface area contributed by atoms with Gasteiger partial charge in [-0.05, 0) is 6.07 Å². The van der Waals surface area contributed by atoms with Crippen molar-refractivity contribution < 1.29 is 9.90 Å². The van der Waals surface area contributed by atoms with Crippen LogP contribution in [0.2, 0.25) is 0 Å². The van der Waals surface area contributed by atoms with E-state index in [1.165, 1.54) is 4.68 Å². The average Bonchev–Trinajstić information content (AvgIpc) is 2.76. The number of H-pyrrole nitrogens is 1. The number of carboxylic acid groups (broad SMARTS) is 1. The number of nitrogens with one attached hydrogen (secondary N) is 1. The zero-order chi connectivity index (χ0) is 11.0. The summed E-state index contributed by atoms with van der Waals surface area (Å²) in [4.78, 5) is 13.8. The molecule has 15 heavy (non-hydrogen) atoms. The number of hydrogen-bond donors (Lipinski definition) is 3. The van der Waals surface area contributed by atoms with E-state index in [1.807, 2.05) is 0 Å². The highest BCUT2D eigenvalue weighted by Crippen LogP contribution is 2.28. The van der Waals surface area contributed by atoms with Crippen LogP contribution in [0.5, 0.6) is 0 Å². The summed E-state index contributed by atoms with van der Waals surface area (Å²) in [7, 11) is 1.61. The summed E-state index contributed by atoms with van der Waals surface area (Å²) in [5.74, 6) is -0.745. The minimum Gasteiger partial charge on any atom is -0.476 e. The molecule has 0 spiro atoms. The lowest BCUT2D eigenvalue weighted by Gasteiger charge is -1.97. The molecule has 2 aromatic heterocycles. The summed E-state index contributed by atoms with van der Waals surface area (Å²) in [5.41, 5.74) is 6.89. The second kappa shape index (κ2) is 3.16. The van der Waals surface area contributed by atoms with E-state index in [1.54, 1.807) is 25.5 Å². The molecule has 0 aliphatic heterocycles. The van der Waals surface area contributed by atoms with Crippen LogP contribution in [0.3, 0.4) is 0 Å². The zero-order valence-corrected chi connectivity index (χ0v) is 8.06. The van der Waals surface area contributed by atoms with Crippen molar-refractivity contribution >= 4 is 11.8 Å². The van der Waals surface area contributed by atoms with Gasteiger partial charge in [0.15, 0.2) is 5.69 Å². The molecule has 0 aliphatic rings. The van der Waals surface area contributed by atoms with Gasteiger partial charge in [0.2, 0.25) is 0 Å². The molecule has 0 radical (unpaired) electrons. The topological polar surface area (TPSA) is 96.9 Å². The van der Waals surface area contributed by atoms with Crippen LogP contribution in [-0.2, 0) is 7.05 Å². The molecule has 0 aromatic carbocycles. The van der Waals surface area contributed by atoms with E-state index in [0.29, 0.717) is 11.4 Å². The first-order valence-electron chi connectivity index (χ1n) is 4.30. The second-order valence-corrected chi connectivity index (χ2v) is 3.14. The highest BCUT2D eigenvalue weighted by Gasteiger charge is 2.20. The molecular formula is C9H10N4O2. The first kappa shape index (κ1) is 9.32. The number of rotatable bonds is 2. The first-order valence-corrected chi connectivity index (χ1v) is 4.30. The van der Waals surface area contributed by atoms with Gasteiger partial charge >= 0.3 is 5.97 Å². The van der Waals surface area contributed by atoms with Gasteiger partial charge in [-0.1, -0.05) is 0 Å². The molecule has 78 valence electrons. The summed E-state index contributed by atoms with van der Waals surface area (Å²) < 4.78 is 1.35. The number of anilines is 1. The molecule has 0 aliphatic carbocycles. The maximum absolute atomic E-state index is 10.9. The lowest BCUT2D eigenvalue weighted by molar-refractivity contribution is 0.0690. The van der Waals surface area contributed by atoms with Crippen molar-refractivity contribution in [1.82, 2.24) is 14.8 Å². The molecule has 0 saturated heterocycles. The minimum absolute atomic E-state index is 0.0328. The number of aromatic carboxylic acids is 1. The fraction of sp³-hybridized carbons (Fsp3) is 0.111. The Morgan fingerprint density at radius 3 is 2.93 bits per heavy atom. The van der Waals surface area contributed by atoms with E-state index in [9.17, 15) is 4.79 Å². The summed E-state index contributed by atoms with van der Waals surface area (Å²) in [6, 6.07) is 1.75. The number of aromatic nitrogens is 3. The smallest absolute Gasteiger partial charge is 0.357 e. The van der Waals surface area contributed by atoms with Gasteiger partial charge < -0.3 is 15.8 Å². The number of nitrogens with two attached hydrogens (primary N) is 1. The largest absolute Gasteiger partial charge is 0.476 e. The molecule has 2 heterocycles. The van der Waals surface area contributed by atoms with Crippen LogP contribution in [0, 0.1) is 0 Å². The van der Waals surface area contributed by atoms with Crippen molar-refractivity contribution in [2.75, 3.05) is 5.73 Å². The Morgan fingerprint density at radius 1 is 1.67 bits per heavy atom. The van der Waals surface area contributed by atoms with Crippen LogP contribution in [0.15, 0.2) is 18.5 Å². The normalized spacial score (nSPS) is 10.5.